The molecule has 0 aromatic carbocycles. The van der Waals surface area contributed by atoms with E-state index in [1.807, 2.05) is 6.08 Å². The van der Waals surface area contributed by atoms with E-state index in [2.05, 4.69) is 23.2 Å². The van der Waals surface area contributed by atoms with Gasteiger partial charge in [-0.1, -0.05) is 30.4 Å². The van der Waals surface area contributed by atoms with E-state index in [0.717, 1.165) is 32.1 Å². The van der Waals surface area contributed by atoms with E-state index in [-0.39, 0.29) is 17.6 Å². The van der Waals surface area contributed by atoms with E-state index >= 15 is 0 Å². The molecule has 1 heterocycles. The maximum Gasteiger partial charge on any atom is 0.0620 e. The van der Waals surface area contributed by atoms with Crippen molar-refractivity contribution in [1.29, 1.82) is 0 Å². The topological polar surface area (TPSA) is 32.3 Å². The molecule has 1 aliphatic heterocycles. The van der Waals surface area contributed by atoms with Gasteiger partial charge in [-0.2, -0.15) is 0 Å². The molecule has 2 N–H and O–H groups in total. The van der Waals surface area contributed by atoms with Crippen molar-refractivity contribution in [3.63, 3.8) is 0 Å². The first-order chi connectivity index (χ1) is 10.2. The van der Waals surface area contributed by atoms with Crippen LogP contribution in [0.2, 0.25) is 0 Å². The van der Waals surface area contributed by atoms with Gasteiger partial charge in [-0.05, 0) is 50.7 Å². The van der Waals surface area contributed by atoms with Crippen LogP contribution in [-0.4, -0.2) is 22.8 Å². The molecule has 0 aromatic heterocycles. The second kappa shape index (κ2) is 7.51. The molecule has 1 saturated carbocycles. The largest absolute Gasteiger partial charge is 0.392 e. The molecule has 0 amide bonds. The van der Waals surface area contributed by atoms with Gasteiger partial charge in [0.15, 0.2) is 0 Å². The normalized spacial score (nSPS) is 36.8. The Morgan fingerprint density at radius 2 is 1.86 bits per heavy atom. The Balaban J connectivity index is 2.13. The minimum Gasteiger partial charge on any atom is -0.392 e. The molecule has 4 atom stereocenters. The van der Waals surface area contributed by atoms with E-state index < -0.39 is 0 Å². The van der Waals surface area contributed by atoms with Crippen molar-refractivity contribution in [1.82, 2.24) is 5.32 Å². The quantitative estimate of drug-likeness (QED) is 0.781. The highest BCUT2D eigenvalue weighted by Crippen LogP contribution is 2.41. The lowest BCUT2D eigenvalue weighted by Gasteiger charge is -2.51. The van der Waals surface area contributed by atoms with Gasteiger partial charge in [0.1, 0.15) is 0 Å². The first-order valence-electron chi connectivity index (χ1n) is 7.91. The molecule has 2 rings (SSSR count). The van der Waals surface area contributed by atoms with Crippen LogP contribution in [0, 0.1) is 30.6 Å². The Bertz CT molecular complexity index is 475. The predicted octanol–water partition coefficient (Wildman–Crippen LogP) is 2.80. The zero-order chi connectivity index (χ0) is 15.1. The standard InChI is InChI=1S/C19H25NO/c1-3-5-7-10-16-11-8-14-19(20-16)15-9-13-18(21)17(19)12-6-4-2/h1-2,5-7,12,16-18,20-21H,8-11,13-15H2/b7-5+,12-6+/t16-,17+,18+,19-/m0/s1. The van der Waals surface area contributed by atoms with E-state index in [0.29, 0.717) is 6.04 Å². The fourth-order valence-corrected chi connectivity index (χ4v) is 3.96. The second-order valence-electron chi connectivity index (χ2n) is 6.21. The Kier molecular flexibility index (Phi) is 5.68. The Hall–Kier alpha value is -1.48. The number of allylic oxidation sites excluding steroid dienone is 2. The molecule has 2 heteroatoms. The molecule has 1 saturated heterocycles. The monoisotopic (exact) mass is 283 g/mol. The Labute approximate surface area is 128 Å². The molecule has 0 aromatic rings. The number of aliphatic hydroxyl groups excluding tert-OH is 1. The van der Waals surface area contributed by atoms with Crippen LogP contribution in [0.15, 0.2) is 24.3 Å². The van der Waals surface area contributed by atoms with Gasteiger partial charge >= 0.3 is 0 Å². The molecule has 2 nitrogen and oxygen atoms in total. The van der Waals surface area contributed by atoms with Crippen LogP contribution in [0.1, 0.15) is 44.9 Å². The predicted molar refractivity (Wildman–Crippen MR) is 87.4 cm³/mol. The third-order valence-electron chi connectivity index (χ3n) is 4.88. The number of hydrogen-bond acceptors (Lipinski definition) is 2. The number of piperidine rings is 1. The van der Waals surface area contributed by atoms with Crippen LogP contribution in [0.5, 0.6) is 0 Å². The maximum absolute atomic E-state index is 10.4. The van der Waals surface area contributed by atoms with Crippen LogP contribution < -0.4 is 5.32 Å². The lowest BCUT2D eigenvalue weighted by atomic mass is 9.66. The Morgan fingerprint density at radius 1 is 1.14 bits per heavy atom. The second-order valence-corrected chi connectivity index (χ2v) is 6.21. The molecule has 0 radical (unpaired) electrons. The van der Waals surface area contributed by atoms with Gasteiger partial charge in [0.25, 0.3) is 0 Å². The number of terminal acetylenes is 2. The van der Waals surface area contributed by atoms with Crippen molar-refractivity contribution in [3.05, 3.63) is 24.3 Å². The zero-order valence-corrected chi connectivity index (χ0v) is 12.6. The summed E-state index contributed by atoms with van der Waals surface area (Å²) in [5.74, 6) is 5.21. The van der Waals surface area contributed by atoms with Gasteiger partial charge < -0.3 is 10.4 Å². The molecular formula is C19H25NO. The number of rotatable bonds is 3. The Morgan fingerprint density at radius 3 is 2.57 bits per heavy atom. The molecular weight excluding hydrogens is 258 g/mol. The van der Waals surface area contributed by atoms with Gasteiger partial charge in [-0.25, -0.2) is 0 Å². The zero-order valence-electron chi connectivity index (χ0n) is 12.6. The van der Waals surface area contributed by atoms with Crippen LogP contribution in [0.4, 0.5) is 0 Å². The van der Waals surface area contributed by atoms with E-state index in [1.54, 1.807) is 12.2 Å². The SMILES string of the molecule is C#C/C=C/C[C@H]1CCC[C@@]2(CCC[C@@H](O)[C@H]2/C=C/C#C)N1. The number of nitrogens with one attached hydrogen (secondary N) is 1. The highest BCUT2D eigenvalue weighted by molar-refractivity contribution is 5.18. The number of hydrogen-bond donors (Lipinski definition) is 2. The summed E-state index contributed by atoms with van der Waals surface area (Å²) in [7, 11) is 0. The summed E-state index contributed by atoms with van der Waals surface area (Å²) in [6.45, 7) is 0. The molecule has 21 heavy (non-hydrogen) atoms. The lowest BCUT2D eigenvalue weighted by molar-refractivity contribution is 0.00394. The van der Waals surface area contributed by atoms with Gasteiger partial charge in [-0.15, -0.1) is 12.8 Å². The van der Waals surface area contributed by atoms with Gasteiger partial charge in [-0.3, -0.25) is 0 Å². The summed E-state index contributed by atoms with van der Waals surface area (Å²) in [4.78, 5) is 0. The van der Waals surface area contributed by atoms with Crippen molar-refractivity contribution >= 4 is 0 Å². The molecule has 0 unspecified atom stereocenters. The average Bonchev–Trinajstić information content (AvgIpc) is 2.47. The summed E-state index contributed by atoms with van der Waals surface area (Å²) >= 11 is 0. The molecule has 1 aliphatic carbocycles. The summed E-state index contributed by atoms with van der Waals surface area (Å²) in [6.07, 6.45) is 25.4. The first-order valence-corrected chi connectivity index (χ1v) is 7.91. The highest BCUT2D eigenvalue weighted by atomic mass is 16.3. The van der Waals surface area contributed by atoms with Crippen molar-refractivity contribution in [2.75, 3.05) is 0 Å². The first kappa shape index (κ1) is 15.9. The van der Waals surface area contributed by atoms with Gasteiger partial charge in [0, 0.05) is 17.5 Å². The van der Waals surface area contributed by atoms with Crippen molar-refractivity contribution in [3.8, 4) is 24.7 Å². The van der Waals surface area contributed by atoms with Crippen molar-refractivity contribution < 1.29 is 5.11 Å². The van der Waals surface area contributed by atoms with Crippen LogP contribution in [0.3, 0.4) is 0 Å². The van der Waals surface area contributed by atoms with Crippen LogP contribution in [-0.2, 0) is 0 Å². The summed E-state index contributed by atoms with van der Waals surface area (Å²) in [6, 6.07) is 0.440. The smallest absolute Gasteiger partial charge is 0.0620 e. The highest BCUT2D eigenvalue weighted by Gasteiger charge is 2.45. The third-order valence-corrected chi connectivity index (χ3v) is 4.88. The van der Waals surface area contributed by atoms with Crippen LogP contribution in [0.25, 0.3) is 0 Å². The van der Waals surface area contributed by atoms with Crippen molar-refractivity contribution in [2.45, 2.75) is 62.6 Å². The molecule has 0 bridgehead atoms. The lowest BCUT2D eigenvalue weighted by Crippen LogP contribution is -2.61. The number of aliphatic hydroxyl groups is 1. The minimum absolute atomic E-state index is 0.00207. The van der Waals surface area contributed by atoms with E-state index in [1.165, 1.54) is 12.8 Å². The summed E-state index contributed by atoms with van der Waals surface area (Å²) < 4.78 is 0. The molecule has 2 fully saturated rings. The average molecular weight is 283 g/mol. The third kappa shape index (κ3) is 3.79. The van der Waals surface area contributed by atoms with Gasteiger partial charge in [0.2, 0.25) is 0 Å². The van der Waals surface area contributed by atoms with E-state index in [9.17, 15) is 5.11 Å². The van der Waals surface area contributed by atoms with Crippen LogP contribution >= 0.6 is 0 Å². The molecule has 1 spiro atoms. The molecule has 112 valence electrons. The fraction of sp³-hybridized carbons (Fsp3) is 0.579. The fourth-order valence-electron chi connectivity index (χ4n) is 3.96. The van der Waals surface area contributed by atoms with Crippen molar-refractivity contribution in [2.24, 2.45) is 5.92 Å². The summed E-state index contributed by atoms with van der Waals surface area (Å²) in [5, 5.41) is 14.2. The minimum atomic E-state index is -0.296. The maximum atomic E-state index is 10.4. The van der Waals surface area contributed by atoms with Gasteiger partial charge in [0.05, 0.1) is 6.10 Å². The van der Waals surface area contributed by atoms with E-state index in [4.69, 9.17) is 12.8 Å². The summed E-state index contributed by atoms with van der Waals surface area (Å²) in [5.41, 5.74) is -0.00207. The molecule has 2 aliphatic rings.